The number of rotatable bonds is 8. The molecule has 0 bridgehead atoms. The normalized spacial score (nSPS) is 20.2. The Hall–Kier alpha value is -5.37. The van der Waals surface area contributed by atoms with E-state index < -0.39 is 82.3 Å². The molecule has 20 heteroatoms. The molecule has 1 amide bonds. The quantitative estimate of drug-likeness (QED) is 0.182. The Labute approximate surface area is 302 Å². The van der Waals surface area contributed by atoms with Crippen LogP contribution in [0.4, 0.5) is 35.9 Å². The van der Waals surface area contributed by atoms with Gasteiger partial charge in [0.1, 0.15) is 23.9 Å². The molecule has 1 aliphatic heterocycles. The number of H-pyrrole nitrogens is 1. The van der Waals surface area contributed by atoms with Crippen LogP contribution in [0.3, 0.4) is 0 Å². The maximum absolute atomic E-state index is 15.3. The third kappa shape index (κ3) is 5.69. The van der Waals surface area contributed by atoms with E-state index in [1.54, 1.807) is 19.1 Å². The minimum absolute atomic E-state index is 0.0555. The van der Waals surface area contributed by atoms with Crippen molar-refractivity contribution in [3.8, 4) is 11.1 Å². The second-order valence-corrected chi connectivity index (χ2v) is 15.2. The molecule has 3 atom stereocenters. The monoisotopic (exact) mass is 773 g/mol. The van der Waals surface area contributed by atoms with Crippen molar-refractivity contribution in [1.29, 1.82) is 0 Å². The Bertz CT molecular complexity index is 2570. The van der Waals surface area contributed by atoms with Gasteiger partial charge in [0.2, 0.25) is 5.91 Å². The number of aliphatic hydroxyl groups is 1. The number of β-amino-alcohol motifs (C(OH)–C–C–N with tert-alkyl or cyclic N) is 1. The van der Waals surface area contributed by atoms with E-state index in [4.69, 9.17) is 4.98 Å². The van der Waals surface area contributed by atoms with Gasteiger partial charge in [-0.2, -0.15) is 37.1 Å². The number of halogens is 7. The van der Waals surface area contributed by atoms with Crippen molar-refractivity contribution >= 4 is 38.4 Å². The molecule has 0 unspecified atom stereocenters. The molecule has 1 saturated carbocycles. The number of anilines is 1. The number of thiazole rings is 1. The smallest absolute Gasteiger partial charge is 0.386 e. The number of aromatic nitrogens is 7. The fraction of sp³-hybridized carbons (Fsp3) is 0.353. The lowest BCUT2D eigenvalue weighted by atomic mass is 9.96. The number of hydrogen-bond acceptors (Lipinski definition) is 9. The van der Waals surface area contributed by atoms with E-state index in [0.29, 0.717) is 44.8 Å². The summed E-state index contributed by atoms with van der Waals surface area (Å²) in [5, 5.41) is 23.2. The van der Waals surface area contributed by atoms with E-state index in [2.05, 4.69) is 25.6 Å². The van der Waals surface area contributed by atoms with Crippen LogP contribution in [0.15, 0.2) is 47.4 Å². The molecule has 1 aromatic carbocycles. The van der Waals surface area contributed by atoms with Crippen molar-refractivity contribution in [2.75, 3.05) is 18.0 Å². The largest absolute Gasteiger partial charge is 0.435 e. The van der Waals surface area contributed by atoms with E-state index in [1.165, 1.54) is 28.0 Å². The van der Waals surface area contributed by atoms with Crippen LogP contribution in [0.1, 0.15) is 53.5 Å². The van der Waals surface area contributed by atoms with E-state index in [9.17, 15) is 36.6 Å². The highest BCUT2D eigenvalue weighted by molar-refractivity contribution is 7.22. The highest BCUT2D eigenvalue weighted by atomic mass is 32.1. The molecule has 0 spiro atoms. The lowest BCUT2D eigenvalue weighted by Crippen LogP contribution is -2.60. The summed E-state index contributed by atoms with van der Waals surface area (Å²) in [6.45, 7) is 1.23. The van der Waals surface area contributed by atoms with E-state index in [-0.39, 0.29) is 35.4 Å². The van der Waals surface area contributed by atoms with Gasteiger partial charge in [-0.1, -0.05) is 11.3 Å². The molecule has 3 aliphatic rings. The van der Waals surface area contributed by atoms with E-state index in [0.717, 1.165) is 12.1 Å². The zero-order valence-corrected chi connectivity index (χ0v) is 28.6. The summed E-state index contributed by atoms with van der Waals surface area (Å²) < 4.78 is 104. The van der Waals surface area contributed by atoms with Gasteiger partial charge in [-0.3, -0.25) is 9.48 Å². The summed E-state index contributed by atoms with van der Waals surface area (Å²) >= 11 is 1.26. The van der Waals surface area contributed by atoms with Crippen molar-refractivity contribution in [2.45, 2.75) is 56.0 Å². The van der Waals surface area contributed by atoms with Gasteiger partial charge in [0, 0.05) is 34.9 Å². The van der Waals surface area contributed by atoms with Crippen molar-refractivity contribution in [3.05, 3.63) is 92.9 Å². The third-order valence-corrected chi connectivity index (χ3v) is 11.0. The Kier molecular flexibility index (Phi) is 7.37. The van der Waals surface area contributed by atoms with E-state index >= 15 is 8.78 Å². The lowest BCUT2D eigenvalue weighted by molar-refractivity contribution is -0.142. The maximum Gasteiger partial charge on any atom is 0.435 e. The second kappa shape index (κ2) is 11.6. The number of alkyl halides is 5. The molecule has 5 aromatic heterocycles. The number of nitrogens with one attached hydrogen (secondary N) is 2. The third-order valence-electron chi connectivity index (χ3n) is 9.98. The number of benzene rings is 1. The standard InChI is InChI=1S/C34H26F7N9O3S/c1-32(53)12-48(13-32)31-44-29-22(54-31)9-18(15-2-3-23-45-46-30(52)49(23)10-15)26(43-29)21(6-14-4-16(35)7-17(36)5-14)42-24(51)11-50-28-25(27(47-50)34(39,40)41)19-8-20(19)33(28,37)38/h2-5,7,9-10,19-21,53H,6,8,11-13H2,1H3,(H,42,51)(H,46,52)/t19-,20+,21-/m0/s1. The molecule has 2 aliphatic carbocycles. The molecule has 6 aromatic rings. The van der Waals surface area contributed by atoms with Gasteiger partial charge in [0.15, 0.2) is 22.1 Å². The Morgan fingerprint density at radius 3 is 2.57 bits per heavy atom. The van der Waals surface area contributed by atoms with Gasteiger partial charge >= 0.3 is 11.9 Å². The van der Waals surface area contributed by atoms with Gasteiger partial charge in [0.25, 0.3) is 5.92 Å². The minimum Gasteiger partial charge on any atom is -0.386 e. The predicted octanol–water partition coefficient (Wildman–Crippen LogP) is 5.07. The van der Waals surface area contributed by atoms with Crippen molar-refractivity contribution in [3.63, 3.8) is 0 Å². The molecule has 280 valence electrons. The number of nitrogens with zero attached hydrogens (tertiary/aromatic N) is 7. The summed E-state index contributed by atoms with van der Waals surface area (Å²) in [5.74, 6) is -8.88. The van der Waals surface area contributed by atoms with Crippen LogP contribution in [0.5, 0.6) is 0 Å². The Morgan fingerprint density at radius 1 is 1.13 bits per heavy atom. The fourth-order valence-electron chi connectivity index (χ4n) is 7.62. The van der Waals surface area contributed by atoms with Gasteiger partial charge in [-0.05, 0) is 61.6 Å². The van der Waals surface area contributed by atoms with Crippen LogP contribution in [0, 0.1) is 17.6 Å². The average Bonchev–Trinajstić information content (AvgIpc) is 3.31. The van der Waals surface area contributed by atoms with Gasteiger partial charge in [-0.25, -0.2) is 28.1 Å². The number of fused-ring (bicyclic) bond motifs is 5. The topological polar surface area (TPSA) is 146 Å². The Balaban J connectivity index is 1.16. The van der Waals surface area contributed by atoms with Crippen LogP contribution < -0.4 is 15.9 Å². The summed E-state index contributed by atoms with van der Waals surface area (Å²) in [5.41, 5.74) is -3.20. The van der Waals surface area contributed by atoms with Crippen LogP contribution in [0.25, 0.3) is 27.1 Å². The predicted molar refractivity (Wildman–Crippen MR) is 178 cm³/mol. The van der Waals surface area contributed by atoms with Crippen molar-refractivity contribution in [2.24, 2.45) is 5.92 Å². The maximum atomic E-state index is 15.3. The van der Waals surface area contributed by atoms with Gasteiger partial charge in [-0.15, -0.1) is 0 Å². The fourth-order valence-corrected chi connectivity index (χ4v) is 8.57. The summed E-state index contributed by atoms with van der Waals surface area (Å²) in [6, 6.07) is 6.26. The molecule has 2 fully saturated rings. The number of pyridine rings is 2. The molecule has 54 heavy (non-hydrogen) atoms. The summed E-state index contributed by atoms with van der Waals surface area (Å²) in [7, 11) is 0. The molecule has 0 radical (unpaired) electrons. The van der Waals surface area contributed by atoms with Crippen LogP contribution in [-0.2, 0) is 29.9 Å². The zero-order valence-electron chi connectivity index (χ0n) is 27.8. The minimum atomic E-state index is -5.05. The van der Waals surface area contributed by atoms with Crippen molar-refractivity contribution < 1.29 is 40.6 Å². The molecule has 12 nitrogen and oxygen atoms in total. The molecule has 9 rings (SSSR count). The summed E-state index contributed by atoms with van der Waals surface area (Å²) in [4.78, 5) is 37.6. The average molecular weight is 774 g/mol. The highest BCUT2D eigenvalue weighted by Gasteiger charge is 2.68. The number of carbonyl (C=O) groups is 1. The molecule has 6 heterocycles. The second-order valence-electron chi connectivity index (χ2n) is 14.2. The molecular formula is C34H26F7N9O3S. The first-order valence-corrected chi connectivity index (χ1v) is 17.4. The first-order chi connectivity index (χ1) is 25.4. The van der Waals surface area contributed by atoms with Crippen LogP contribution in [0.2, 0.25) is 0 Å². The van der Waals surface area contributed by atoms with Gasteiger partial charge < -0.3 is 15.3 Å². The molecule has 1 saturated heterocycles. The number of amides is 1. The first kappa shape index (κ1) is 34.4. The summed E-state index contributed by atoms with van der Waals surface area (Å²) in [6.07, 6.45) is -4.04. The lowest BCUT2D eigenvalue weighted by Gasteiger charge is -2.43. The number of carbonyl (C=O) groups excluding carboxylic acids is 1. The highest BCUT2D eigenvalue weighted by Crippen LogP contribution is 2.68. The van der Waals surface area contributed by atoms with Crippen LogP contribution in [-0.4, -0.2) is 64.1 Å². The first-order valence-electron chi connectivity index (χ1n) is 16.6. The van der Waals surface area contributed by atoms with Crippen LogP contribution >= 0.6 is 11.3 Å². The molecular weight excluding hydrogens is 747 g/mol. The zero-order chi connectivity index (χ0) is 38.1. The van der Waals surface area contributed by atoms with Gasteiger partial charge in [0.05, 0.1) is 35.1 Å². The SMILES string of the molecule is CC1(O)CN(c2nc3nc([C@H](Cc4cc(F)cc(F)c4)NC(=O)Cn4nc(C(F)(F)F)c5c4C(F)(F)[C@@H]4C[C@H]54)c(-c4ccc5n[nH]c(=O)n5c4)cc3s2)C1. The van der Waals surface area contributed by atoms with Crippen molar-refractivity contribution in [1.82, 2.24) is 39.7 Å². The molecule has 3 N–H and O–H groups in total. The van der Waals surface area contributed by atoms with E-state index in [1.807, 2.05) is 4.90 Å². The number of aromatic amines is 1. The number of hydrogen-bond donors (Lipinski definition) is 3. The Morgan fingerprint density at radius 2 is 1.87 bits per heavy atom.